The van der Waals surface area contributed by atoms with Gasteiger partial charge >= 0.3 is 0 Å². The zero-order valence-corrected chi connectivity index (χ0v) is 10.1. The van der Waals surface area contributed by atoms with E-state index in [1.165, 1.54) is 22.3 Å². The lowest BCUT2D eigenvalue weighted by atomic mass is 9.94. The lowest BCUT2D eigenvalue weighted by Crippen LogP contribution is -2.22. The van der Waals surface area contributed by atoms with Crippen LogP contribution in [0.4, 0.5) is 0 Å². The standard InChI is InChI=1S/C16H15NO/c18-16-10-9-12-5-1-3-7-14(12)15-8-4-2-6-13(15)11-17-16/h1-8H,9-11H2,(H,17,18). The van der Waals surface area contributed by atoms with E-state index in [9.17, 15) is 4.79 Å². The van der Waals surface area contributed by atoms with E-state index in [-0.39, 0.29) is 5.91 Å². The van der Waals surface area contributed by atoms with E-state index in [0.29, 0.717) is 13.0 Å². The van der Waals surface area contributed by atoms with E-state index in [1.54, 1.807) is 0 Å². The number of amides is 1. The summed E-state index contributed by atoms with van der Waals surface area (Å²) in [5.74, 6) is 0.126. The van der Waals surface area contributed by atoms with Crippen LogP contribution in [0, 0.1) is 0 Å². The molecule has 2 heteroatoms. The second kappa shape index (κ2) is 4.65. The molecule has 0 spiro atoms. The number of hydrogen-bond acceptors (Lipinski definition) is 1. The van der Waals surface area contributed by atoms with Crippen molar-refractivity contribution >= 4 is 5.91 Å². The van der Waals surface area contributed by atoms with Gasteiger partial charge in [-0.1, -0.05) is 48.5 Å². The van der Waals surface area contributed by atoms with Crippen LogP contribution < -0.4 is 5.32 Å². The highest BCUT2D eigenvalue weighted by molar-refractivity contribution is 5.79. The van der Waals surface area contributed by atoms with Crippen molar-refractivity contribution in [2.75, 3.05) is 0 Å². The summed E-state index contributed by atoms with van der Waals surface area (Å²) >= 11 is 0. The molecular formula is C16H15NO. The van der Waals surface area contributed by atoms with Gasteiger partial charge in [0.2, 0.25) is 5.91 Å². The molecule has 0 fully saturated rings. The highest BCUT2D eigenvalue weighted by Crippen LogP contribution is 2.28. The monoisotopic (exact) mass is 237 g/mol. The molecule has 0 atom stereocenters. The van der Waals surface area contributed by atoms with Gasteiger partial charge < -0.3 is 5.32 Å². The number of hydrogen-bond donors (Lipinski definition) is 1. The van der Waals surface area contributed by atoms with E-state index in [2.05, 4.69) is 41.7 Å². The second-order valence-corrected chi connectivity index (χ2v) is 4.59. The molecule has 2 aromatic carbocycles. The van der Waals surface area contributed by atoms with Crippen LogP contribution in [0.2, 0.25) is 0 Å². The molecule has 1 aliphatic heterocycles. The van der Waals surface area contributed by atoms with Gasteiger partial charge in [-0.3, -0.25) is 4.79 Å². The summed E-state index contributed by atoms with van der Waals surface area (Å²) in [6.45, 7) is 0.614. The Kier molecular flexibility index (Phi) is 2.85. The van der Waals surface area contributed by atoms with Crippen molar-refractivity contribution in [1.29, 1.82) is 0 Å². The van der Waals surface area contributed by atoms with Crippen LogP contribution in [0.3, 0.4) is 0 Å². The highest BCUT2D eigenvalue weighted by Gasteiger charge is 2.13. The van der Waals surface area contributed by atoms with Gasteiger partial charge in [-0.2, -0.15) is 0 Å². The zero-order chi connectivity index (χ0) is 12.4. The van der Waals surface area contributed by atoms with Crippen molar-refractivity contribution in [2.24, 2.45) is 0 Å². The smallest absolute Gasteiger partial charge is 0.220 e. The first-order valence-electron chi connectivity index (χ1n) is 6.27. The first-order valence-corrected chi connectivity index (χ1v) is 6.27. The van der Waals surface area contributed by atoms with Gasteiger partial charge in [-0.15, -0.1) is 0 Å². The molecule has 0 unspecified atom stereocenters. The third-order valence-corrected chi connectivity index (χ3v) is 3.42. The number of benzene rings is 2. The number of fused-ring (bicyclic) bond motifs is 3. The Morgan fingerprint density at radius 1 is 0.778 bits per heavy atom. The minimum Gasteiger partial charge on any atom is -0.352 e. The lowest BCUT2D eigenvalue weighted by Gasteiger charge is -2.11. The third-order valence-electron chi connectivity index (χ3n) is 3.42. The van der Waals surface area contributed by atoms with E-state index >= 15 is 0 Å². The number of carbonyl (C=O) groups excluding carboxylic acids is 1. The molecule has 18 heavy (non-hydrogen) atoms. The summed E-state index contributed by atoms with van der Waals surface area (Å²) in [5, 5.41) is 2.98. The molecule has 0 saturated heterocycles. The first kappa shape index (κ1) is 11.0. The number of rotatable bonds is 0. The summed E-state index contributed by atoms with van der Waals surface area (Å²) in [4.78, 5) is 11.7. The minimum atomic E-state index is 0.126. The Hall–Kier alpha value is -2.09. The maximum atomic E-state index is 11.7. The average molecular weight is 237 g/mol. The van der Waals surface area contributed by atoms with Gasteiger partial charge in [0.25, 0.3) is 0 Å². The van der Waals surface area contributed by atoms with Crippen molar-refractivity contribution < 1.29 is 4.79 Å². The van der Waals surface area contributed by atoms with E-state index in [1.807, 2.05) is 12.1 Å². The highest BCUT2D eigenvalue weighted by atomic mass is 16.1. The fourth-order valence-electron chi connectivity index (χ4n) is 2.47. The van der Waals surface area contributed by atoms with Gasteiger partial charge in [-0.25, -0.2) is 0 Å². The molecule has 2 aromatic rings. The van der Waals surface area contributed by atoms with Crippen LogP contribution >= 0.6 is 0 Å². The van der Waals surface area contributed by atoms with E-state index in [0.717, 1.165) is 6.42 Å². The summed E-state index contributed by atoms with van der Waals surface area (Å²) in [7, 11) is 0. The molecule has 3 rings (SSSR count). The van der Waals surface area contributed by atoms with Crippen LogP contribution in [0.15, 0.2) is 48.5 Å². The molecule has 1 heterocycles. The van der Waals surface area contributed by atoms with Crippen molar-refractivity contribution in [3.63, 3.8) is 0 Å². The normalized spacial score (nSPS) is 14.6. The van der Waals surface area contributed by atoms with Crippen molar-refractivity contribution in [3.8, 4) is 11.1 Å². The molecule has 1 N–H and O–H groups in total. The van der Waals surface area contributed by atoms with Gasteiger partial charge in [0, 0.05) is 13.0 Å². The average Bonchev–Trinajstić information content (AvgIpc) is 2.49. The molecule has 1 aliphatic rings. The predicted octanol–water partition coefficient (Wildman–Crippen LogP) is 2.92. The van der Waals surface area contributed by atoms with Gasteiger partial charge in [0.15, 0.2) is 0 Å². The summed E-state index contributed by atoms with van der Waals surface area (Å²) in [6, 6.07) is 16.6. The number of nitrogens with one attached hydrogen (secondary N) is 1. The SMILES string of the molecule is O=C1CCc2ccccc2-c2ccccc2CN1. The molecule has 2 nitrogen and oxygen atoms in total. The van der Waals surface area contributed by atoms with Gasteiger partial charge in [-0.05, 0) is 28.7 Å². The lowest BCUT2D eigenvalue weighted by molar-refractivity contribution is -0.121. The molecule has 0 saturated carbocycles. The summed E-state index contributed by atoms with van der Waals surface area (Å²) in [5.41, 5.74) is 4.92. The Bertz CT molecular complexity index is 538. The number of carbonyl (C=O) groups is 1. The fourth-order valence-corrected chi connectivity index (χ4v) is 2.47. The zero-order valence-electron chi connectivity index (χ0n) is 10.1. The Morgan fingerprint density at radius 3 is 2.17 bits per heavy atom. The molecule has 0 aromatic heterocycles. The Balaban J connectivity index is 2.18. The van der Waals surface area contributed by atoms with Crippen molar-refractivity contribution in [1.82, 2.24) is 5.32 Å². The fraction of sp³-hybridized carbons (Fsp3) is 0.188. The van der Waals surface area contributed by atoms with Crippen LogP contribution in [-0.2, 0) is 17.8 Å². The number of aryl methyl sites for hydroxylation is 1. The second-order valence-electron chi connectivity index (χ2n) is 4.59. The molecule has 1 amide bonds. The molecule has 0 radical (unpaired) electrons. The third kappa shape index (κ3) is 2.02. The molecule has 0 aliphatic carbocycles. The van der Waals surface area contributed by atoms with E-state index < -0.39 is 0 Å². The quantitative estimate of drug-likeness (QED) is 0.750. The Labute approximate surface area is 107 Å². The molecule has 0 bridgehead atoms. The largest absolute Gasteiger partial charge is 0.352 e. The maximum Gasteiger partial charge on any atom is 0.220 e. The van der Waals surface area contributed by atoms with Gasteiger partial charge in [0.1, 0.15) is 0 Å². The topological polar surface area (TPSA) is 29.1 Å². The van der Waals surface area contributed by atoms with Crippen LogP contribution in [-0.4, -0.2) is 5.91 Å². The van der Waals surface area contributed by atoms with Crippen molar-refractivity contribution in [2.45, 2.75) is 19.4 Å². The van der Waals surface area contributed by atoms with Crippen LogP contribution in [0.1, 0.15) is 17.5 Å². The first-order chi connectivity index (χ1) is 8.84. The summed E-state index contributed by atoms with van der Waals surface area (Å²) < 4.78 is 0. The maximum absolute atomic E-state index is 11.7. The van der Waals surface area contributed by atoms with Crippen LogP contribution in [0.5, 0.6) is 0 Å². The minimum absolute atomic E-state index is 0.126. The van der Waals surface area contributed by atoms with Crippen molar-refractivity contribution in [3.05, 3.63) is 59.7 Å². The Morgan fingerprint density at radius 2 is 1.39 bits per heavy atom. The molecule has 90 valence electrons. The van der Waals surface area contributed by atoms with E-state index in [4.69, 9.17) is 0 Å². The van der Waals surface area contributed by atoms with Gasteiger partial charge in [0.05, 0.1) is 0 Å². The summed E-state index contributed by atoms with van der Waals surface area (Å²) in [6.07, 6.45) is 1.36. The predicted molar refractivity (Wildman–Crippen MR) is 72.0 cm³/mol. The molecular weight excluding hydrogens is 222 g/mol. The van der Waals surface area contributed by atoms with Crippen LogP contribution in [0.25, 0.3) is 11.1 Å².